The molecular weight excluding hydrogens is 372 g/mol. The van der Waals surface area contributed by atoms with E-state index in [2.05, 4.69) is 4.72 Å². The zero-order chi connectivity index (χ0) is 18.9. The number of hydrogen-bond donors (Lipinski definition) is 2. The van der Waals surface area contributed by atoms with Crippen molar-refractivity contribution in [3.63, 3.8) is 0 Å². The molecular formula is C15H15ClN2O6S. The number of benzene rings is 1. The maximum absolute atomic E-state index is 12.7. The largest absolute Gasteiger partial charge is 0.495 e. The maximum Gasteiger partial charge on any atom is 0.267 e. The van der Waals surface area contributed by atoms with Crippen LogP contribution in [0.1, 0.15) is 33.4 Å². The average molecular weight is 387 g/mol. The third-order valence-corrected chi connectivity index (χ3v) is 4.91. The van der Waals surface area contributed by atoms with E-state index in [-0.39, 0.29) is 32.6 Å². The Hall–Kier alpha value is -2.52. The molecule has 2 rings (SSSR count). The van der Waals surface area contributed by atoms with Gasteiger partial charge in [0.15, 0.2) is 5.78 Å². The third-order valence-electron chi connectivity index (χ3n) is 3.32. The first kappa shape index (κ1) is 18.8. The van der Waals surface area contributed by atoms with Crippen LogP contribution >= 0.6 is 11.6 Å². The van der Waals surface area contributed by atoms with Crippen LogP contribution in [0.4, 0.5) is 5.88 Å². The van der Waals surface area contributed by atoms with Gasteiger partial charge in [0.2, 0.25) is 5.88 Å². The highest BCUT2D eigenvalue weighted by atomic mass is 35.5. The second kappa shape index (κ2) is 6.77. The number of nitrogens with two attached hydrogens (primary N) is 1. The van der Waals surface area contributed by atoms with Gasteiger partial charge in [-0.15, -0.1) is 0 Å². The predicted molar refractivity (Wildman–Crippen MR) is 90.8 cm³/mol. The van der Waals surface area contributed by atoms with Crippen LogP contribution in [0.5, 0.6) is 5.75 Å². The Kier molecular flexibility index (Phi) is 5.09. The fraction of sp³-hybridized carbons (Fsp3) is 0.200. The minimum Gasteiger partial charge on any atom is -0.495 e. The normalized spacial score (nSPS) is 11.2. The van der Waals surface area contributed by atoms with E-state index < -0.39 is 27.6 Å². The summed E-state index contributed by atoms with van der Waals surface area (Å²) in [6.45, 7) is 2.63. The SMILES string of the molecule is COc1ccc(Cl)cc1S(=O)(=O)Nc1oc(C)c(C(C)=O)c1C(N)=O. The van der Waals surface area contributed by atoms with Crippen molar-refractivity contribution < 1.29 is 27.2 Å². The van der Waals surface area contributed by atoms with Gasteiger partial charge in [-0.1, -0.05) is 11.6 Å². The van der Waals surface area contributed by atoms with Crippen molar-refractivity contribution in [1.82, 2.24) is 0 Å². The lowest BCUT2D eigenvalue weighted by molar-refractivity contribution is 0.0974. The lowest BCUT2D eigenvalue weighted by Crippen LogP contribution is -2.19. The lowest BCUT2D eigenvalue weighted by atomic mass is 10.1. The molecule has 0 fully saturated rings. The summed E-state index contributed by atoms with van der Waals surface area (Å²) >= 11 is 5.85. The number of ether oxygens (including phenoxy) is 1. The first-order chi connectivity index (χ1) is 11.6. The Labute approximate surface area is 148 Å². The van der Waals surface area contributed by atoms with Gasteiger partial charge in [-0.25, -0.2) is 13.1 Å². The summed E-state index contributed by atoms with van der Waals surface area (Å²) in [5, 5.41) is 0.163. The smallest absolute Gasteiger partial charge is 0.267 e. The molecule has 25 heavy (non-hydrogen) atoms. The highest BCUT2D eigenvalue weighted by molar-refractivity contribution is 7.92. The number of aryl methyl sites for hydroxylation is 1. The molecule has 0 bridgehead atoms. The summed E-state index contributed by atoms with van der Waals surface area (Å²) in [5.41, 5.74) is 4.85. The minimum absolute atomic E-state index is 0.0348. The summed E-state index contributed by atoms with van der Waals surface area (Å²) in [4.78, 5) is 23.1. The Morgan fingerprint density at radius 1 is 1.28 bits per heavy atom. The van der Waals surface area contributed by atoms with E-state index in [0.29, 0.717) is 0 Å². The molecule has 0 spiro atoms. The molecule has 8 nitrogen and oxygen atoms in total. The van der Waals surface area contributed by atoms with E-state index in [1.54, 1.807) is 0 Å². The predicted octanol–water partition coefficient (Wildman–Crippen LogP) is 2.35. The van der Waals surface area contributed by atoms with Crippen LogP contribution < -0.4 is 15.2 Å². The van der Waals surface area contributed by atoms with Gasteiger partial charge in [-0.05, 0) is 32.0 Å². The Balaban J connectivity index is 2.60. The van der Waals surface area contributed by atoms with Crippen LogP contribution in [-0.2, 0) is 10.0 Å². The number of furan rings is 1. The van der Waals surface area contributed by atoms with Gasteiger partial charge in [0.05, 0.1) is 12.7 Å². The quantitative estimate of drug-likeness (QED) is 0.733. The van der Waals surface area contributed by atoms with Gasteiger partial charge in [0.1, 0.15) is 22.0 Å². The van der Waals surface area contributed by atoms with Crippen molar-refractivity contribution in [1.29, 1.82) is 0 Å². The zero-order valence-electron chi connectivity index (χ0n) is 13.5. The summed E-state index contributed by atoms with van der Waals surface area (Å²) in [6.07, 6.45) is 0. The van der Waals surface area contributed by atoms with Gasteiger partial charge >= 0.3 is 0 Å². The number of Topliss-reactive ketones (excluding diaryl/α,β-unsaturated/α-hetero) is 1. The standard InChI is InChI=1S/C15H15ClN2O6S/c1-7(19)12-8(2)24-15(13(12)14(17)20)18-25(21,22)11-6-9(16)4-5-10(11)23-3/h4-6,18H,1-3H3,(H2,17,20). The van der Waals surface area contributed by atoms with Crippen molar-refractivity contribution in [2.24, 2.45) is 5.73 Å². The summed E-state index contributed by atoms with van der Waals surface area (Å²) in [7, 11) is -2.94. The van der Waals surface area contributed by atoms with Gasteiger partial charge < -0.3 is 14.9 Å². The number of methoxy groups -OCH3 is 1. The molecule has 1 aromatic heterocycles. The van der Waals surface area contributed by atoms with Crippen LogP contribution in [0.2, 0.25) is 5.02 Å². The number of amides is 1. The maximum atomic E-state index is 12.7. The molecule has 134 valence electrons. The number of rotatable bonds is 6. The van der Waals surface area contributed by atoms with Gasteiger partial charge in [0, 0.05) is 5.02 Å². The number of sulfonamides is 1. The number of anilines is 1. The van der Waals surface area contributed by atoms with Crippen LogP contribution in [0.3, 0.4) is 0 Å². The van der Waals surface area contributed by atoms with E-state index in [1.165, 1.54) is 39.2 Å². The number of carbonyl (C=O) groups is 2. The van der Waals surface area contributed by atoms with Gasteiger partial charge in [-0.2, -0.15) is 0 Å². The van der Waals surface area contributed by atoms with Crippen molar-refractivity contribution in [2.75, 3.05) is 11.8 Å². The van der Waals surface area contributed by atoms with E-state index in [4.69, 9.17) is 26.5 Å². The number of hydrogen-bond acceptors (Lipinski definition) is 6. The number of halogens is 1. The summed E-state index contributed by atoms with van der Waals surface area (Å²) in [5.74, 6) is -1.83. The third kappa shape index (κ3) is 3.62. The fourth-order valence-corrected chi connectivity index (χ4v) is 3.75. The second-order valence-electron chi connectivity index (χ2n) is 5.06. The van der Waals surface area contributed by atoms with E-state index in [9.17, 15) is 18.0 Å². The average Bonchev–Trinajstić information content (AvgIpc) is 2.82. The van der Waals surface area contributed by atoms with E-state index >= 15 is 0 Å². The molecule has 0 saturated heterocycles. The van der Waals surface area contributed by atoms with Crippen LogP contribution in [0, 0.1) is 6.92 Å². The highest BCUT2D eigenvalue weighted by Crippen LogP contribution is 2.32. The summed E-state index contributed by atoms with van der Waals surface area (Å²) in [6, 6.07) is 4.01. The number of carbonyl (C=O) groups excluding carboxylic acids is 2. The van der Waals surface area contributed by atoms with Crippen molar-refractivity contribution in [3.8, 4) is 5.75 Å². The minimum atomic E-state index is -4.24. The topological polar surface area (TPSA) is 129 Å². The first-order valence-electron chi connectivity index (χ1n) is 6.89. The Morgan fingerprint density at radius 2 is 1.92 bits per heavy atom. The number of nitrogens with one attached hydrogen (secondary N) is 1. The molecule has 2 aromatic rings. The molecule has 10 heteroatoms. The molecule has 1 aromatic carbocycles. The van der Waals surface area contributed by atoms with Crippen molar-refractivity contribution in [2.45, 2.75) is 18.7 Å². The Bertz CT molecular complexity index is 965. The molecule has 0 saturated carbocycles. The number of primary amides is 1. The summed E-state index contributed by atoms with van der Waals surface area (Å²) < 4.78 is 37.7. The van der Waals surface area contributed by atoms with Gasteiger partial charge in [-0.3, -0.25) is 9.59 Å². The van der Waals surface area contributed by atoms with Crippen LogP contribution in [0.25, 0.3) is 0 Å². The molecule has 0 unspecified atom stereocenters. The molecule has 0 atom stereocenters. The van der Waals surface area contributed by atoms with Crippen molar-refractivity contribution >= 4 is 39.2 Å². The van der Waals surface area contributed by atoms with Gasteiger partial charge in [0.25, 0.3) is 15.9 Å². The second-order valence-corrected chi connectivity index (χ2v) is 7.15. The molecule has 3 N–H and O–H groups in total. The molecule has 0 aliphatic heterocycles. The highest BCUT2D eigenvalue weighted by Gasteiger charge is 2.29. The molecule has 0 aliphatic rings. The molecule has 1 amide bonds. The lowest BCUT2D eigenvalue weighted by Gasteiger charge is -2.11. The Morgan fingerprint density at radius 3 is 2.44 bits per heavy atom. The van der Waals surface area contributed by atoms with Crippen LogP contribution in [0.15, 0.2) is 27.5 Å². The fourth-order valence-electron chi connectivity index (χ4n) is 2.31. The van der Waals surface area contributed by atoms with Crippen LogP contribution in [-0.4, -0.2) is 27.2 Å². The zero-order valence-corrected chi connectivity index (χ0v) is 15.1. The first-order valence-corrected chi connectivity index (χ1v) is 8.75. The molecule has 0 aliphatic carbocycles. The monoisotopic (exact) mass is 386 g/mol. The van der Waals surface area contributed by atoms with Crippen molar-refractivity contribution in [3.05, 3.63) is 40.1 Å². The van der Waals surface area contributed by atoms with E-state index in [1.807, 2.05) is 0 Å². The number of ketones is 1. The molecule has 1 heterocycles. The molecule has 0 radical (unpaired) electrons. The van der Waals surface area contributed by atoms with E-state index in [0.717, 1.165) is 0 Å².